The Labute approximate surface area is 202 Å². The number of nitrogens with one attached hydrogen (secondary N) is 1. The monoisotopic (exact) mass is 499 g/mol. The van der Waals surface area contributed by atoms with E-state index in [4.69, 9.17) is 0 Å². The van der Waals surface area contributed by atoms with Gasteiger partial charge in [-0.25, -0.2) is 8.42 Å². The van der Waals surface area contributed by atoms with E-state index >= 15 is 0 Å². The fourth-order valence-electron chi connectivity index (χ4n) is 3.93. The average molecular weight is 500 g/mol. The summed E-state index contributed by atoms with van der Waals surface area (Å²) in [6, 6.07) is 17.8. The summed E-state index contributed by atoms with van der Waals surface area (Å²) in [4.78, 5) is 41.5. The second-order valence-electron chi connectivity index (χ2n) is 8.04. The molecular weight excluding hydrogens is 474 g/mol. The number of rotatable bonds is 7. The molecule has 8 nitrogen and oxygen atoms in total. The standard InChI is InChI=1S/C24H25N3O5S2/c28-22(21(19-9-5-2-6-10-19)26-13-15-34(31,32)16-14-26)25-11-12-27-23(29)20(33-24(27)30)17-18-7-3-1-4-8-18/h1-10,17,21H,11-16H2,(H,25,28)/b20-17+. The molecule has 10 heteroatoms. The van der Waals surface area contributed by atoms with Gasteiger partial charge in [0.1, 0.15) is 6.04 Å². The van der Waals surface area contributed by atoms with Crippen LogP contribution < -0.4 is 5.32 Å². The molecule has 1 unspecified atom stereocenters. The van der Waals surface area contributed by atoms with Gasteiger partial charge in [0.15, 0.2) is 9.84 Å². The second-order valence-corrected chi connectivity index (χ2v) is 11.3. The number of amides is 3. The van der Waals surface area contributed by atoms with Gasteiger partial charge in [-0.05, 0) is 29.0 Å². The maximum Gasteiger partial charge on any atom is 0.293 e. The van der Waals surface area contributed by atoms with Crippen molar-refractivity contribution in [2.45, 2.75) is 6.04 Å². The van der Waals surface area contributed by atoms with Gasteiger partial charge in [-0.2, -0.15) is 0 Å². The van der Waals surface area contributed by atoms with Crippen molar-refractivity contribution >= 4 is 44.7 Å². The number of hydrogen-bond acceptors (Lipinski definition) is 7. The number of thioether (sulfide) groups is 1. The SMILES string of the molecule is O=C(NCCN1C(=O)S/C(=C/c2ccccc2)C1=O)C(c1ccccc1)N1CCS(=O)(=O)CC1. The fourth-order valence-corrected chi connectivity index (χ4v) is 6.02. The zero-order valence-corrected chi connectivity index (χ0v) is 20.1. The van der Waals surface area contributed by atoms with Crippen molar-refractivity contribution in [1.82, 2.24) is 15.1 Å². The molecular formula is C24H25N3O5S2. The van der Waals surface area contributed by atoms with Crippen molar-refractivity contribution in [2.75, 3.05) is 37.7 Å². The second kappa shape index (κ2) is 10.5. The highest BCUT2D eigenvalue weighted by Gasteiger charge is 2.36. The van der Waals surface area contributed by atoms with Crippen molar-refractivity contribution in [1.29, 1.82) is 0 Å². The largest absolute Gasteiger partial charge is 0.353 e. The van der Waals surface area contributed by atoms with Crippen molar-refractivity contribution in [3.05, 3.63) is 76.7 Å². The molecule has 0 radical (unpaired) electrons. The minimum atomic E-state index is -3.09. The van der Waals surface area contributed by atoms with Gasteiger partial charge in [0.2, 0.25) is 5.91 Å². The summed E-state index contributed by atoms with van der Waals surface area (Å²) in [6.45, 7) is 0.689. The molecule has 2 heterocycles. The molecule has 2 aliphatic heterocycles. The summed E-state index contributed by atoms with van der Waals surface area (Å²) >= 11 is 0.882. The molecule has 1 N–H and O–H groups in total. The number of sulfone groups is 1. The number of hydrogen-bond donors (Lipinski definition) is 1. The predicted molar refractivity (Wildman–Crippen MR) is 132 cm³/mol. The first-order chi connectivity index (χ1) is 16.3. The van der Waals surface area contributed by atoms with Gasteiger partial charge < -0.3 is 5.32 Å². The van der Waals surface area contributed by atoms with Crippen LogP contribution in [0, 0.1) is 0 Å². The lowest BCUT2D eigenvalue weighted by molar-refractivity contribution is -0.127. The van der Waals surface area contributed by atoms with Gasteiger partial charge in [-0.3, -0.25) is 24.2 Å². The van der Waals surface area contributed by atoms with Crippen LogP contribution in [0.5, 0.6) is 0 Å². The number of nitrogens with zero attached hydrogens (tertiary/aromatic N) is 2. The molecule has 2 aromatic carbocycles. The highest BCUT2D eigenvalue weighted by atomic mass is 32.2. The Morgan fingerprint density at radius 1 is 1.00 bits per heavy atom. The molecule has 2 aliphatic rings. The van der Waals surface area contributed by atoms with Crippen LogP contribution in [0.1, 0.15) is 17.2 Å². The van der Waals surface area contributed by atoms with Gasteiger partial charge in [-0.1, -0.05) is 60.7 Å². The van der Waals surface area contributed by atoms with Crippen LogP contribution >= 0.6 is 11.8 Å². The van der Waals surface area contributed by atoms with Gasteiger partial charge >= 0.3 is 0 Å². The van der Waals surface area contributed by atoms with Gasteiger partial charge in [-0.15, -0.1) is 0 Å². The average Bonchev–Trinajstić information content (AvgIpc) is 3.09. The zero-order valence-electron chi connectivity index (χ0n) is 18.4. The van der Waals surface area contributed by atoms with E-state index in [1.807, 2.05) is 65.6 Å². The molecule has 4 rings (SSSR count). The Kier molecular flexibility index (Phi) is 7.50. The van der Waals surface area contributed by atoms with E-state index in [1.165, 1.54) is 0 Å². The highest BCUT2D eigenvalue weighted by molar-refractivity contribution is 8.18. The lowest BCUT2D eigenvalue weighted by Gasteiger charge is -2.33. The topological polar surface area (TPSA) is 104 Å². The Hall–Kier alpha value is -2.95. The van der Waals surface area contributed by atoms with E-state index < -0.39 is 15.9 Å². The third kappa shape index (κ3) is 5.75. The molecule has 0 bridgehead atoms. The summed E-state index contributed by atoms with van der Waals surface area (Å²) in [6.07, 6.45) is 1.68. The molecule has 1 atom stereocenters. The molecule has 178 valence electrons. The third-order valence-corrected chi connectivity index (χ3v) is 8.23. The fraction of sp³-hybridized carbons (Fsp3) is 0.292. The van der Waals surface area contributed by atoms with E-state index in [-0.39, 0.29) is 54.7 Å². The first kappa shape index (κ1) is 24.2. The van der Waals surface area contributed by atoms with Gasteiger partial charge in [0, 0.05) is 26.2 Å². The third-order valence-electron chi connectivity index (χ3n) is 5.71. The summed E-state index contributed by atoms with van der Waals surface area (Å²) in [5.41, 5.74) is 1.59. The van der Waals surface area contributed by atoms with E-state index in [0.29, 0.717) is 4.91 Å². The summed E-state index contributed by atoms with van der Waals surface area (Å²) in [7, 11) is -3.09. The van der Waals surface area contributed by atoms with Crippen LogP contribution in [-0.2, 0) is 19.4 Å². The first-order valence-corrected chi connectivity index (χ1v) is 13.6. The maximum absolute atomic E-state index is 13.1. The molecule has 0 spiro atoms. The van der Waals surface area contributed by atoms with E-state index in [9.17, 15) is 22.8 Å². The Bertz CT molecular complexity index is 1190. The number of benzene rings is 2. The normalized spacial score (nSPS) is 20.5. The van der Waals surface area contributed by atoms with Crippen molar-refractivity contribution in [3.8, 4) is 0 Å². The summed E-state index contributed by atoms with van der Waals surface area (Å²) in [5, 5.41) is 2.45. The molecule has 3 amide bonds. The Morgan fingerprint density at radius 2 is 1.62 bits per heavy atom. The zero-order chi connectivity index (χ0) is 24.1. The molecule has 34 heavy (non-hydrogen) atoms. The quantitative estimate of drug-likeness (QED) is 0.583. The van der Waals surface area contributed by atoms with E-state index in [2.05, 4.69) is 5.32 Å². The van der Waals surface area contributed by atoms with E-state index in [1.54, 1.807) is 6.08 Å². The van der Waals surface area contributed by atoms with Crippen LogP contribution in [0.15, 0.2) is 65.6 Å². The predicted octanol–water partition coefficient (Wildman–Crippen LogP) is 2.31. The highest BCUT2D eigenvalue weighted by Crippen LogP contribution is 2.32. The Morgan fingerprint density at radius 3 is 2.26 bits per heavy atom. The minimum Gasteiger partial charge on any atom is -0.353 e. The van der Waals surface area contributed by atoms with Crippen LogP contribution in [0.4, 0.5) is 4.79 Å². The van der Waals surface area contributed by atoms with E-state index in [0.717, 1.165) is 27.8 Å². The van der Waals surface area contributed by atoms with Crippen LogP contribution in [0.2, 0.25) is 0 Å². The molecule has 2 saturated heterocycles. The molecule has 2 fully saturated rings. The van der Waals surface area contributed by atoms with Gasteiger partial charge in [0.25, 0.3) is 11.1 Å². The minimum absolute atomic E-state index is 0.00808. The van der Waals surface area contributed by atoms with Crippen molar-refractivity contribution in [2.24, 2.45) is 0 Å². The molecule has 0 aliphatic carbocycles. The number of carbonyl (C=O) groups excluding carboxylic acids is 3. The Balaban J connectivity index is 1.40. The molecule has 2 aromatic rings. The van der Waals surface area contributed by atoms with Gasteiger partial charge in [0.05, 0.1) is 16.4 Å². The number of imide groups is 1. The lowest BCUT2D eigenvalue weighted by atomic mass is 10.0. The van der Waals surface area contributed by atoms with Crippen LogP contribution in [0.25, 0.3) is 6.08 Å². The van der Waals surface area contributed by atoms with Crippen molar-refractivity contribution in [3.63, 3.8) is 0 Å². The van der Waals surface area contributed by atoms with Crippen LogP contribution in [0.3, 0.4) is 0 Å². The smallest absolute Gasteiger partial charge is 0.293 e. The van der Waals surface area contributed by atoms with Crippen molar-refractivity contribution < 1.29 is 22.8 Å². The van der Waals surface area contributed by atoms with Crippen LogP contribution in [-0.4, -0.2) is 73.0 Å². The summed E-state index contributed by atoms with van der Waals surface area (Å²) < 4.78 is 23.7. The summed E-state index contributed by atoms with van der Waals surface area (Å²) in [5.74, 6) is -0.659. The molecule has 0 saturated carbocycles. The number of carbonyl (C=O) groups is 3. The maximum atomic E-state index is 13.1. The first-order valence-electron chi connectivity index (χ1n) is 10.9. The molecule has 0 aromatic heterocycles. The lowest BCUT2D eigenvalue weighted by Crippen LogP contribution is -2.48.